The number of carbonyl (C=O) groups is 1. The van der Waals surface area contributed by atoms with Crippen LogP contribution in [0, 0.1) is 0 Å². The molecule has 1 heterocycles. The molecule has 18 heavy (non-hydrogen) atoms. The van der Waals surface area contributed by atoms with Gasteiger partial charge in [0.1, 0.15) is 18.5 Å². The second-order valence-electron chi connectivity index (χ2n) is 4.77. The van der Waals surface area contributed by atoms with Crippen molar-refractivity contribution in [3.63, 3.8) is 0 Å². The molecule has 0 spiro atoms. The first kappa shape index (κ1) is 12.9. The largest absolute Gasteiger partial charge is 0.489 e. The molecule has 98 valence electrons. The highest BCUT2D eigenvalue weighted by atomic mass is 16.6. The third kappa shape index (κ3) is 3.47. The van der Waals surface area contributed by atoms with E-state index in [-0.39, 0.29) is 24.7 Å². The molecule has 0 amide bonds. The number of para-hydroxylation sites is 1. The second-order valence-corrected chi connectivity index (χ2v) is 4.77. The minimum atomic E-state index is -0.225. The van der Waals surface area contributed by atoms with Crippen LogP contribution >= 0.6 is 0 Å². The van der Waals surface area contributed by atoms with Crippen LogP contribution in [0.3, 0.4) is 0 Å². The second kappa shape index (κ2) is 5.87. The lowest BCUT2D eigenvalue weighted by Crippen LogP contribution is -2.36. The van der Waals surface area contributed by atoms with E-state index in [1.54, 1.807) is 0 Å². The highest BCUT2D eigenvalue weighted by Gasteiger charge is 2.22. The Hall–Kier alpha value is -1.55. The Bertz CT molecular complexity index is 417. The van der Waals surface area contributed by atoms with Crippen molar-refractivity contribution < 1.29 is 14.3 Å². The van der Waals surface area contributed by atoms with Gasteiger partial charge in [-0.05, 0) is 11.6 Å². The van der Waals surface area contributed by atoms with Crippen LogP contribution < -0.4 is 10.1 Å². The normalized spacial score (nSPS) is 18.1. The van der Waals surface area contributed by atoms with Crippen molar-refractivity contribution >= 4 is 5.97 Å². The molecule has 4 nitrogen and oxygen atoms in total. The number of esters is 1. The van der Waals surface area contributed by atoms with Crippen molar-refractivity contribution in [2.24, 2.45) is 0 Å². The number of ether oxygens (including phenoxy) is 2. The molecular weight excluding hydrogens is 230 g/mol. The molecule has 0 fully saturated rings. The van der Waals surface area contributed by atoms with Gasteiger partial charge in [-0.25, -0.2) is 0 Å². The molecule has 0 saturated carbocycles. The van der Waals surface area contributed by atoms with Crippen LogP contribution in [0.25, 0.3) is 0 Å². The molecule has 2 rings (SSSR count). The number of rotatable bonds is 4. The Labute approximate surface area is 107 Å². The number of carbonyl (C=O) groups excluding carboxylic acids is 1. The Morgan fingerprint density at radius 2 is 2.28 bits per heavy atom. The zero-order chi connectivity index (χ0) is 13.0. The van der Waals surface area contributed by atoms with Crippen molar-refractivity contribution in [3.05, 3.63) is 29.8 Å². The summed E-state index contributed by atoms with van der Waals surface area (Å²) in [7, 11) is 0. The van der Waals surface area contributed by atoms with Crippen LogP contribution in [0.15, 0.2) is 24.3 Å². The molecule has 0 aromatic heterocycles. The van der Waals surface area contributed by atoms with E-state index in [1.807, 2.05) is 38.1 Å². The number of hydrogen-bond acceptors (Lipinski definition) is 4. The van der Waals surface area contributed by atoms with Gasteiger partial charge in [0.2, 0.25) is 0 Å². The predicted molar refractivity (Wildman–Crippen MR) is 68.7 cm³/mol. The Balaban J connectivity index is 1.84. The van der Waals surface area contributed by atoms with Gasteiger partial charge in [-0.2, -0.15) is 0 Å². The number of hydrogen-bond donors (Lipinski definition) is 1. The zero-order valence-electron chi connectivity index (χ0n) is 10.8. The summed E-state index contributed by atoms with van der Waals surface area (Å²) in [6.45, 7) is 4.67. The standard InChI is InChI=1S/C14H19NO3/c1-10(2)15-8-14(16)18-12-7-11-5-3-4-6-13(11)17-9-12/h3-6,10,12,15H,7-9H2,1-2H3. The fraction of sp³-hybridized carbons (Fsp3) is 0.500. The lowest BCUT2D eigenvalue weighted by molar-refractivity contribution is -0.150. The van der Waals surface area contributed by atoms with Gasteiger partial charge in [0.05, 0.1) is 6.54 Å². The molecule has 1 aromatic carbocycles. The third-order valence-electron chi connectivity index (χ3n) is 2.80. The molecule has 1 aromatic rings. The summed E-state index contributed by atoms with van der Waals surface area (Å²) in [6.07, 6.45) is 0.546. The smallest absolute Gasteiger partial charge is 0.320 e. The molecule has 4 heteroatoms. The average Bonchev–Trinajstić information content (AvgIpc) is 2.36. The topological polar surface area (TPSA) is 47.6 Å². The summed E-state index contributed by atoms with van der Waals surface area (Å²) in [4.78, 5) is 11.6. The van der Waals surface area contributed by atoms with Crippen molar-refractivity contribution in [1.82, 2.24) is 5.32 Å². The number of benzene rings is 1. The average molecular weight is 249 g/mol. The minimum absolute atomic E-state index is 0.179. The fourth-order valence-corrected chi connectivity index (χ4v) is 1.89. The van der Waals surface area contributed by atoms with Gasteiger partial charge >= 0.3 is 5.97 Å². The minimum Gasteiger partial charge on any atom is -0.489 e. The van der Waals surface area contributed by atoms with Crippen molar-refractivity contribution in [3.8, 4) is 5.75 Å². The molecule has 0 radical (unpaired) electrons. The van der Waals surface area contributed by atoms with Crippen LogP contribution in [0.2, 0.25) is 0 Å². The SMILES string of the molecule is CC(C)NCC(=O)OC1COc2ccccc2C1. The van der Waals surface area contributed by atoms with E-state index in [0.29, 0.717) is 6.61 Å². The molecule has 0 saturated heterocycles. The van der Waals surface area contributed by atoms with Crippen LogP contribution in [0.4, 0.5) is 0 Å². The Kier molecular flexibility index (Phi) is 4.20. The van der Waals surface area contributed by atoms with E-state index < -0.39 is 0 Å². The van der Waals surface area contributed by atoms with Gasteiger partial charge in [0.15, 0.2) is 0 Å². The first-order valence-electron chi connectivity index (χ1n) is 6.28. The summed E-state index contributed by atoms with van der Waals surface area (Å²) in [6, 6.07) is 8.13. The zero-order valence-corrected chi connectivity index (χ0v) is 10.8. The van der Waals surface area contributed by atoms with E-state index >= 15 is 0 Å². The summed E-state index contributed by atoms with van der Waals surface area (Å²) >= 11 is 0. The lowest BCUT2D eigenvalue weighted by Gasteiger charge is -2.25. The summed E-state index contributed by atoms with van der Waals surface area (Å²) in [5, 5.41) is 3.04. The molecule has 1 atom stereocenters. The van der Waals surface area contributed by atoms with Crippen LogP contribution in [-0.2, 0) is 16.0 Å². The first-order valence-corrected chi connectivity index (χ1v) is 6.28. The fourth-order valence-electron chi connectivity index (χ4n) is 1.89. The van der Waals surface area contributed by atoms with Crippen molar-refractivity contribution in [2.45, 2.75) is 32.4 Å². The quantitative estimate of drug-likeness (QED) is 0.822. The molecule has 1 unspecified atom stereocenters. The maximum atomic E-state index is 11.6. The summed E-state index contributed by atoms with van der Waals surface area (Å²) in [5.74, 6) is 0.668. The highest BCUT2D eigenvalue weighted by Crippen LogP contribution is 2.24. The summed E-state index contributed by atoms with van der Waals surface area (Å²) < 4.78 is 10.9. The Morgan fingerprint density at radius 3 is 3.06 bits per heavy atom. The van der Waals surface area contributed by atoms with E-state index in [1.165, 1.54) is 0 Å². The van der Waals surface area contributed by atoms with Crippen LogP contribution in [0.5, 0.6) is 5.75 Å². The highest BCUT2D eigenvalue weighted by molar-refractivity contribution is 5.72. The maximum absolute atomic E-state index is 11.6. The van der Waals surface area contributed by atoms with Crippen LogP contribution in [-0.4, -0.2) is 31.3 Å². The third-order valence-corrected chi connectivity index (χ3v) is 2.80. The van der Waals surface area contributed by atoms with Crippen LogP contribution in [0.1, 0.15) is 19.4 Å². The molecule has 1 aliphatic heterocycles. The van der Waals surface area contributed by atoms with Gasteiger partial charge in [-0.15, -0.1) is 0 Å². The van der Waals surface area contributed by atoms with Gasteiger partial charge in [0.25, 0.3) is 0 Å². The number of nitrogens with one attached hydrogen (secondary N) is 1. The van der Waals surface area contributed by atoms with E-state index in [0.717, 1.165) is 17.7 Å². The van der Waals surface area contributed by atoms with Gasteiger partial charge < -0.3 is 14.8 Å². The Morgan fingerprint density at radius 1 is 1.50 bits per heavy atom. The maximum Gasteiger partial charge on any atom is 0.320 e. The molecule has 1 N–H and O–H groups in total. The van der Waals surface area contributed by atoms with Gasteiger partial charge in [0, 0.05) is 12.5 Å². The first-order chi connectivity index (χ1) is 8.65. The van der Waals surface area contributed by atoms with Crippen molar-refractivity contribution in [1.29, 1.82) is 0 Å². The monoisotopic (exact) mass is 249 g/mol. The molecule has 1 aliphatic rings. The predicted octanol–water partition coefficient (Wildman–Crippen LogP) is 1.53. The van der Waals surface area contributed by atoms with E-state index in [2.05, 4.69) is 5.32 Å². The van der Waals surface area contributed by atoms with Gasteiger partial charge in [-0.3, -0.25) is 4.79 Å². The summed E-state index contributed by atoms with van der Waals surface area (Å²) in [5.41, 5.74) is 1.10. The molecular formula is C14H19NO3. The van der Waals surface area contributed by atoms with E-state index in [9.17, 15) is 4.79 Å². The number of fused-ring (bicyclic) bond motifs is 1. The van der Waals surface area contributed by atoms with Crippen molar-refractivity contribution in [2.75, 3.05) is 13.2 Å². The van der Waals surface area contributed by atoms with Gasteiger partial charge in [-0.1, -0.05) is 32.0 Å². The van der Waals surface area contributed by atoms with E-state index in [4.69, 9.17) is 9.47 Å². The lowest BCUT2D eigenvalue weighted by atomic mass is 10.0. The molecule has 0 bridgehead atoms. The molecule has 0 aliphatic carbocycles.